The molecule has 0 N–H and O–H groups in total. The Morgan fingerprint density at radius 2 is 2.19 bits per heavy atom. The molecule has 6 heteroatoms. The summed E-state index contributed by atoms with van der Waals surface area (Å²) >= 11 is 11.5. The molecule has 0 atom stereocenters. The van der Waals surface area contributed by atoms with E-state index >= 15 is 0 Å². The average Bonchev–Trinajstić information content (AvgIpc) is 2.25. The molecule has 0 aliphatic rings. The van der Waals surface area contributed by atoms with Gasteiger partial charge in [-0.15, -0.1) is 0 Å². The zero-order chi connectivity index (χ0) is 11.5. The van der Waals surface area contributed by atoms with Crippen LogP contribution in [0.15, 0.2) is 35.2 Å². The minimum absolute atomic E-state index is 0.500. The van der Waals surface area contributed by atoms with Crippen LogP contribution in [-0.2, 0) is 0 Å². The molecule has 0 radical (unpaired) electrons. The van der Waals surface area contributed by atoms with Crippen LogP contribution in [0.2, 0.25) is 5.02 Å². The molecule has 0 aliphatic carbocycles. The average molecular weight is 411 g/mol. The van der Waals surface area contributed by atoms with Gasteiger partial charge >= 0.3 is 0 Å². The van der Waals surface area contributed by atoms with Crippen LogP contribution in [0.1, 0.15) is 0 Å². The van der Waals surface area contributed by atoms with Crippen molar-refractivity contribution in [3.8, 4) is 11.6 Å². The molecule has 0 spiro atoms. The molecule has 2 rings (SSSR count). The van der Waals surface area contributed by atoms with Crippen LogP contribution in [0.25, 0.3) is 0 Å². The van der Waals surface area contributed by atoms with E-state index in [1.165, 1.54) is 6.33 Å². The van der Waals surface area contributed by atoms with Crippen molar-refractivity contribution in [1.29, 1.82) is 0 Å². The molecule has 0 saturated heterocycles. The van der Waals surface area contributed by atoms with E-state index in [4.69, 9.17) is 16.3 Å². The number of halogens is 3. The van der Waals surface area contributed by atoms with E-state index in [2.05, 4.69) is 48.5 Å². The zero-order valence-corrected chi connectivity index (χ0v) is 12.3. The van der Waals surface area contributed by atoms with Gasteiger partial charge in [0.05, 0.1) is 8.59 Å². The smallest absolute Gasteiger partial charge is 0.235 e. The van der Waals surface area contributed by atoms with Gasteiger partial charge in [-0.2, -0.15) is 0 Å². The van der Waals surface area contributed by atoms with E-state index in [0.717, 1.165) is 8.04 Å². The van der Waals surface area contributed by atoms with Crippen LogP contribution in [0, 0.1) is 3.57 Å². The molecule has 1 aromatic carbocycles. The minimum atomic E-state index is 0.500. The quantitative estimate of drug-likeness (QED) is 0.692. The first kappa shape index (κ1) is 12.1. The normalized spacial score (nSPS) is 10.2. The maximum Gasteiger partial charge on any atom is 0.235 e. The Morgan fingerprint density at radius 3 is 2.88 bits per heavy atom. The summed E-state index contributed by atoms with van der Waals surface area (Å²) in [5.41, 5.74) is 0. The van der Waals surface area contributed by atoms with Crippen LogP contribution >= 0.6 is 50.1 Å². The van der Waals surface area contributed by atoms with E-state index in [9.17, 15) is 0 Å². The molecule has 0 saturated carbocycles. The van der Waals surface area contributed by atoms with E-state index in [-0.39, 0.29) is 0 Å². The summed E-state index contributed by atoms with van der Waals surface area (Å²) in [6.07, 6.45) is 3.11. The second kappa shape index (κ2) is 5.29. The maximum atomic E-state index is 6.03. The first-order valence-corrected chi connectivity index (χ1v) is 6.50. The molecular weight excluding hydrogens is 406 g/mol. The van der Waals surface area contributed by atoms with Gasteiger partial charge < -0.3 is 4.74 Å². The zero-order valence-electron chi connectivity index (χ0n) is 7.82. The molecule has 82 valence electrons. The molecule has 0 aliphatic heterocycles. The van der Waals surface area contributed by atoms with Gasteiger partial charge in [0.2, 0.25) is 5.88 Å². The summed E-state index contributed by atoms with van der Waals surface area (Å²) in [7, 11) is 0. The summed E-state index contributed by atoms with van der Waals surface area (Å²) in [6, 6.07) is 5.41. The molecule has 0 bridgehead atoms. The molecule has 1 aromatic heterocycles. The van der Waals surface area contributed by atoms with Crippen LogP contribution in [-0.4, -0.2) is 9.97 Å². The van der Waals surface area contributed by atoms with Crippen molar-refractivity contribution < 1.29 is 4.74 Å². The van der Waals surface area contributed by atoms with Gasteiger partial charge in [0.1, 0.15) is 12.1 Å². The van der Waals surface area contributed by atoms with Crippen LogP contribution in [0.5, 0.6) is 11.6 Å². The summed E-state index contributed by atoms with van der Waals surface area (Å²) < 4.78 is 7.32. The fourth-order valence-electron chi connectivity index (χ4n) is 1.04. The van der Waals surface area contributed by atoms with Crippen molar-refractivity contribution in [3.63, 3.8) is 0 Å². The van der Waals surface area contributed by atoms with E-state index in [1.54, 1.807) is 18.3 Å². The maximum absolute atomic E-state index is 6.03. The Bertz CT molecular complexity index is 524. The number of hydrogen-bond donors (Lipinski definition) is 0. The summed E-state index contributed by atoms with van der Waals surface area (Å²) in [5, 5.41) is 0.531. The van der Waals surface area contributed by atoms with Crippen molar-refractivity contribution in [2.24, 2.45) is 0 Å². The van der Waals surface area contributed by atoms with Crippen LogP contribution in [0.3, 0.4) is 0 Å². The molecule has 16 heavy (non-hydrogen) atoms. The second-order valence-electron chi connectivity index (χ2n) is 2.85. The monoisotopic (exact) mass is 410 g/mol. The molecule has 3 nitrogen and oxygen atoms in total. The highest BCUT2D eigenvalue weighted by Gasteiger charge is 2.07. The van der Waals surface area contributed by atoms with Gasteiger partial charge in [0, 0.05) is 10.7 Å². The Labute approximate surface area is 119 Å². The highest BCUT2D eigenvalue weighted by molar-refractivity contribution is 14.1. The van der Waals surface area contributed by atoms with Gasteiger partial charge in [-0.3, -0.25) is 0 Å². The van der Waals surface area contributed by atoms with Gasteiger partial charge in [0.15, 0.2) is 0 Å². The third-order valence-electron chi connectivity index (χ3n) is 1.73. The SMILES string of the molecule is Clc1cc(Br)ccc1Oc1ncncc1I. The van der Waals surface area contributed by atoms with Crippen LogP contribution in [0.4, 0.5) is 0 Å². The largest absolute Gasteiger partial charge is 0.436 e. The molecule has 0 unspecified atom stereocenters. The van der Waals surface area contributed by atoms with Gasteiger partial charge in [0.25, 0.3) is 0 Å². The number of benzene rings is 1. The molecule has 0 amide bonds. The Hall–Kier alpha value is -0.400. The fourth-order valence-corrected chi connectivity index (χ4v) is 2.16. The van der Waals surface area contributed by atoms with Crippen molar-refractivity contribution in [3.05, 3.63) is 43.8 Å². The van der Waals surface area contributed by atoms with Crippen LogP contribution < -0.4 is 4.74 Å². The highest BCUT2D eigenvalue weighted by Crippen LogP contribution is 2.32. The van der Waals surface area contributed by atoms with Gasteiger partial charge in [-0.1, -0.05) is 27.5 Å². The van der Waals surface area contributed by atoms with Gasteiger partial charge in [-0.25, -0.2) is 9.97 Å². The lowest BCUT2D eigenvalue weighted by molar-refractivity contribution is 0.457. The molecule has 2 aromatic rings. The third kappa shape index (κ3) is 2.83. The van der Waals surface area contributed by atoms with Crippen molar-refractivity contribution in [1.82, 2.24) is 9.97 Å². The molecule has 0 fully saturated rings. The number of rotatable bonds is 2. The lowest BCUT2D eigenvalue weighted by Gasteiger charge is -2.07. The lowest BCUT2D eigenvalue weighted by atomic mass is 10.3. The minimum Gasteiger partial charge on any atom is -0.436 e. The first-order valence-electron chi connectivity index (χ1n) is 4.25. The van der Waals surface area contributed by atoms with E-state index < -0.39 is 0 Å². The number of nitrogens with zero attached hydrogens (tertiary/aromatic N) is 2. The first-order chi connectivity index (χ1) is 7.66. The number of aromatic nitrogens is 2. The second-order valence-corrected chi connectivity index (χ2v) is 5.34. The topological polar surface area (TPSA) is 35.0 Å². The highest BCUT2D eigenvalue weighted by atomic mass is 127. The Morgan fingerprint density at radius 1 is 1.38 bits per heavy atom. The summed E-state index contributed by atoms with van der Waals surface area (Å²) in [6.45, 7) is 0. The Balaban J connectivity index is 2.31. The fraction of sp³-hybridized carbons (Fsp3) is 0. The third-order valence-corrected chi connectivity index (χ3v) is 3.26. The predicted molar refractivity (Wildman–Crippen MR) is 74.0 cm³/mol. The summed E-state index contributed by atoms with van der Waals surface area (Å²) in [4.78, 5) is 7.91. The molecular formula is C10H5BrClIN2O. The predicted octanol–water partition coefficient (Wildman–Crippen LogP) is 4.29. The van der Waals surface area contributed by atoms with E-state index in [1.807, 2.05) is 6.07 Å². The van der Waals surface area contributed by atoms with Crippen molar-refractivity contribution in [2.45, 2.75) is 0 Å². The summed E-state index contributed by atoms with van der Waals surface area (Å²) in [5.74, 6) is 1.07. The lowest BCUT2D eigenvalue weighted by Crippen LogP contribution is -1.92. The molecule has 1 heterocycles. The van der Waals surface area contributed by atoms with Crippen molar-refractivity contribution >= 4 is 50.1 Å². The number of ether oxygens (including phenoxy) is 1. The number of hydrogen-bond acceptors (Lipinski definition) is 3. The standard InChI is InChI=1S/C10H5BrClIN2O/c11-6-1-2-9(7(12)3-6)16-10-8(13)4-14-5-15-10/h1-5H. The Kier molecular flexibility index (Phi) is 3.99. The van der Waals surface area contributed by atoms with Gasteiger partial charge in [-0.05, 0) is 40.8 Å². The van der Waals surface area contributed by atoms with E-state index in [0.29, 0.717) is 16.7 Å². The van der Waals surface area contributed by atoms with Crippen molar-refractivity contribution in [2.75, 3.05) is 0 Å².